The van der Waals surface area contributed by atoms with Gasteiger partial charge in [-0.25, -0.2) is 4.79 Å². The summed E-state index contributed by atoms with van der Waals surface area (Å²) in [4.78, 5) is 38.6. The van der Waals surface area contributed by atoms with Gasteiger partial charge in [0.25, 0.3) is 0 Å². The summed E-state index contributed by atoms with van der Waals surface area (Å²) >= 11 is 5.94. The maximum absolute atomic E-state index is 13.4. The van der Waals surface area contributed by atoms with Gasteiger partial charge >= 0.3 is 17.9 Å². The lowest BCUT2D eigenvalue weighted by Gasteiger charge is -2.67. The number of carbonyl (C=O) groups excluding carboxylic acids is 3. The molecule has 38 heavy (non-hydrogen) atoms. The van der Waals surface area contributed by atoms with E-state index in [-0.39, 0.29) is 42.8 Å². The molecule has 0 aromatic carbocycles. The molecule has 1 aromatic rings. The monoisotopic (exact) mass is 548 g/mol. The van der Waals surface area contributed by atoms with Crippen LogP contribution in [0.2, 0.25) is 0 Å². The second-order valence-corrected chi connectivity index (χ2v) is 13.3. The molecule has 2 aliphatic carbocycles. The molecule has 4 saturated heterocycles. The minimum Gasteiger partial charge on any atom is -0.472 e. The smallest absolute Gasteiger partial charge is 0.339 e. The zero-order valence-electron chi connectivity index (χ0n) is 22.0. The summed E-state index contributed by atoms with van der Waals surface area (Å²) in [5.41, 5.74) is -2.70. The van der Waals surface area contributed by atoms with Gasteiger partial charge in [0, 0.05) is 27.7 Å². The van der Waals surface area contributed by atoms with Gasteiger partial charge < -0.3 is 28.1 Å². The van der Waals surface area contributed by atoms with E-state index >= 15 is 0 Å². The van der Waals surface area contributed by atoms with Crippen molar-refractivity contribution < 1.29 is 42.5 Å². The summed E-state index contributed by atoms with van der Waals surface area (Å²) in [6.45, 7) is 8.51. The molecule has 0 N–H and O–H groups in total. The van der Waals surface area contributed by atoms with Crippen LogP contribution >= 0.6 is 11.6 Å². The minimum absolute atomic E-state index is 0.0440. The number of halogens is 1. The van der Waals surface area contributed by atoms with Crippen LogP contribution in [0, 0.1) is 28.1 Å². The zero-order valence-corrected chi connectivity index (χ0v) is 22.7. The molecule has 2 saturated carbocycles. The molecule has 4 aliphatic heterocycles. The van der Waals surface area contributed by atoms with Gasteiger partial charge in [-0.05, 0) is 45.1 Å². The Morgan fingerprint density at radius 3 is 2.63 bits per heavy atom. The average molecular weight is 549 g/mol. The van der Waals surface area contributed by atoms with Crippen molar-refractivity contribution in [2.75, 3.05) is 12.5 Å². The Kier molecular flexibility index (Phi) is 4.95. The van der Waals surface area contributed by atoms with Crippen LogP contribution in [-0.4, -0.2) is 59.9 Å². The summed E-state index contributed by atoms with van der Waals surface area (Å²) in [5, 5.41) is 0. The van der Waals surface area contributed by atoms with Gasteiger partial charge in [0.1, 0.15) is 30.3 Å². The van der Waals surface area contributed by atoms with Crippen LogP contribution in [0.4, 0.5) is 0 Å². The number of cyclic esters (lactones) is 2. The predicted molar refractivity (Wildman–Crippen MR) is 130 cm³/mol. The first-order valence-corrected chi connectivity index (χ1v) is 14.0. The number of ether oxygens (including phenoxy) is 5. The van der Waals surface area contributed by atoms with Gasteiger partial charge in [-0.1, -0.05) is 13.8 Å². The van der Waals surface area contributed by atoms with Gasteiger partial charge in [0.2, 0.25) is 0 Å². The lowest BCUT2D eigenvalue weighted by Crippen LogP contribution is -2.74. The number of furan rings is 1. The molecule has 10 atom stereocenters. The van der Waals surface area contributed by atoms with Crippen LogP contribution in [0.3, 0.4) is 0 Å². The molecule has 10 heteroatoms. The Balaban J connectivity index is 1.42. The maximum atomic E-state index is 13.4. The quantitative estimate of drug-likeness (QED) is 0.241. The van der Waals surface area contributed by atoms with E-state index in [1.54, 1.807) is 12.5 Å². The van der Waals surface area contributed by atoms with Gasteiger partial charge in [0.15, 0.2) is 6.10 Å². The van der Waals surface area contributed by atoms with Crippen molar-refractivity contribution >= 4 is 29.5 Å². The number of esters is 3. The number of hydrogen-bond acceptors (Lipinski definition) is 9. The third-order valence-electron chi connectivity index (χ3n) is 11.3. The van der Waals surface area contributed by atoms with Gasteiger partial charge in [-0.15, -0.1) is 11.6 Å². The van der Waals surface area contributed by atoms with Crippen LogP contribution in [0.15, 0.2) is 23.0 Å². The van der Waals surface area contributed by atoms with E-state index in [9.17, 15) is 14.4 Å². The van der Waals surface area contributed by atoms with E-state index in [0.29, 0.717) is 12.8 Å². The molecule has 7 rings (SSSR count). The highest BCUT2D eigenvalue weighted by Gasteiger charge is 2.90. The third-order valence-corrected chi connectivity index (χ3v) is 11.6. The normalized spacial score (nSPS) is 49.8. The van der Waals surface area contributed by atoms with Crippen molar-refractivity contribution in [3.05, 3.63) is 24.2 Å². The van der Waals surface area contributed by atoms with E-state index in [4.69, 9.17) is 39.7 Å². The molecule has 206 valence electrons. The lowest BCUT2D eigenvalue weighted by molar-refractivity contribution is -0.265. The Hall–Kier alpha value is -2.10. The second kappa shape index (κ2) is 7.55. The van der Waals surface area contributed by atoms with Crippen LogP contribution < -0.4 is 0 Å². The van der Waals surface area contributed by atoms with Crippen molar-refractivity contribution in [1.82, 2.24) is 0 Å². The SMILES string of the molecule is CC1(C)O[C@H]2CC(=O)OC[C@]23[C@H]2CC[C@@]4(C)[C@@H](c5ccoc5)OC(=O)[C@H]5O[C@]54[C@]2(C)[C@@H](OC(=O)CCl)C[C@@H]13. The number of rotatable bonds is 3. The molecular formula is C28H33ClO9. The van der Waals surface area contributed by atoms with Crippen LogP contribution in [0.5, 0.6) is 0 Å². The molecule has 6 fully saturated rings. The molecule has 2 spiro atoms. The second-order valence-electron chi connectivity index (χ2n) is 13.0. The number of epoxide rings is 1. The summed E-state index contributed by atoms with van der Waals surface area (Å²) in [5.74, 6) is -1.64. The first-order chi connectivity index (χ1) is 18.0. The van der Waals surface area contributed by atoms with E-state index in [0.717, 1.165) is 12.0 Å². The van der Waals surface area contributed by atoms with E-state index in [1.807, 2.05) is 19.9 Å². The number of alkyl halides is 1. The zero-order chi connectivity index (χ0) is 26.9. The Morgan fingerprint density at radius 1 is 1.13 bits per heavy atom. The molecule has 9 nitrogen and oxygen atoms in total. The van der Waals surface area contributed by atoms with Crippen LogP contribution in [0.1, 0.15) is 65.0 Å². The van der Waals surface area contributed by atoms with Crippen LogP contribution in [-0.2, 0) is 38.1 Å². The minimum atomic E-state index is -0.962. The van der Waals surface area contributed by atoms with Gasteiger partial charge in [0.05, 0.1) is 30.7 Å². The highest BCUT2D eigenvalue weighted by Crippen LogP contribution is 2.80. The van der Waals surface area contributed by atoms with Crippen molar-refractivity contribution in [3.8, 4) is 0 Å². The van der Waals surface area contributed by atoms with Crippen molar-refractivity contribution in [2.24, 2.45) is 28.1 Å². The highest BCUT2D eigenvalue weighted by atomic mass is 35.5. The molecule has 5 heterocycles. The summed E-state index contributed by atoms with van der Waals surface area (Å²) < 4.78 is 36.5. The van der Waals surface area contributed by atoms with Crippen molar-refractivity contribution in [1.29, 1.82) is 0 Å². The fourth-order valence-electron chi connectivity index (χ4n) is 9.96. The lowest BCUT2D eigenvalue weighted by atomic mass is 9.36. The Morgan fingerprint density at radius 2 is 1.92 bits per heavy atom. The fraction of sp³-hybridized carbons (Fsp3) is 0.750. The Bertz CT molecular complexity index is 1210. The number of hydrogen-bond donors (Lipinski definition) is 0. The van der Waals surface area contributed by atoms with E-state index in [1.165, 1.54) is 0 Å². The fourth-order valence-corrected chi connectivity index (χ4v) is 10.0. The Labute approximate surface area is 225 Å². The summed E-state index contributed by atoms with van der Waals surface area (Å²) in [7, 11) is 0. The number of fused-ring (bicyclic) bond motifs is 1. The molecule has 1 aromatic heterocycles. The largest absolute Gasteiger partial charge is 0.472 e. The molecule has 0 radical (unpaired) electrons. The first kappa shape index (κ1) is 24.9. The van der Waals surface area contributed by atoms with E-state index in [2.05, 4.69) is 13.8 Å². The van der Waals surface area contributed by atoms with Crippen molar-refractivity contribution in [3.63, 3.8) is 0 Å². The van der Waals surface area contributed by atoms with Crippen LogP contribution in [0.25, 0.3) is 0 Å². The van der Waals surface area contributed by atoms with Crippen molar-refractivity contribution in [2.45, 2.75) is 89.0 Å². The van der Waals surface area contributed by atoms with E-state index < -0.39 is 57.7 Å². The molecule has 6 aliphatic rings. The summed E-state index contributed by atoms with van der Waals surface area (Å²) in [6, 6.07) is 1.82. The summed E-state index contributed by atoms with van der Waals surface area (Å²) in [6.07, 6.45) is 2.97. The third kappa shape index (κ3) is 2.69. The molecule has 0 bridgehead atoms. The van der Waals surface area contributed by atoms with Gasteiger partial charge in [-0.3, -0.25) is 9.59 Å². The van der Waals surface area contributed by atoms with Gasteiger partial charge in [-0.2, -0.15) is 0 Å². The topological polar surface area (TPSA) is 114 Å². The number of carbonyl (C=O) groups is 3. The highest BCUT2D eigenvalue weighted by molar-refractivity contribution is 6.26. The average Bonchev–Trinajstić information content (AvgIpc) is 3.35. The maximum Gasteiger partial charge on any atom is 0.339 e. The molecule has 0 unspecified atom stereocenters. The molecule has 0 amide bonds. The standard InChI is InChI=1S/C28H33ClO9/c1-24(2)16-9-17(35-20(31)11-29)26(4)15(27(16)13-34-19(30)10-18(27)37-24)5-7-25(3)21(14-6-8-33-12-14)36-23(32)22-28(25,26)38-22/h6,8,12,15-18,21-22H,5,7,9-11,13H2,1-4H3/t15-,16-,17-,18-,21+,22+,25-,26-,27+,28+/m0/s1. The first-order valence-electron chi connectivity index (χ1n) is 13.4. The molecular weight excluding hydrogens is 516 g/mol. The predicted octanol–water partition coefficient (Wildman–Crippen LogP) is 3.72.